The Morgan fingerprint density at radius 1 is 1.22 bits per heavy atom. The standard InChI is InChI=1S/C18H24FN3O4S/c19-15-3-1-2-4-16(15)27(24,25)21-8-5-14(6-9-21)22-11-17(23)20-12-18(22)7-10-26-13-18/h1-4,14H,5-13H2,(H,20,23). The van der Waals surface area contributed by atoms with Gasteiger partial charge >= 0.3 is 0 Å². The Morgan fingerprint density at radius 3 is 2.63 bits per heavy atom. The van der Waals surface area contributed by atoms with Crippen LogP contribution in [-0.2, 0) is 19.6 Å². The molecule has 3 heterocycles. The van der Waals surface area contributed by atoms with Crippen LogP contribution in [0.4, 0.5) is 4.39 Å². The first-order valence-electron chi connectivity index (χ1n) is 9.28. The number of piperidine rings is 1. The molecule has 1 atom stereocenters. The van der Waals surface area contributed by atoms with E-state index in [1.807, 2.05) is 0 Å². The van der Waals surface area contributed by atoms with Crippen LogP contribution < -0.4 is 5.32 Å². The smallest absolute Gasteiger partial charge is 0.245 e. The number of benzene rings is 1. The van der Waals surface area contributed by atoms with E-state index in [1.54, 1.807) is 0 Å². The number of carbonyl (C=O) groups excluding carboxylic acids is 1. The molecule has 148 valence electrons. The molecule has 3 aliphatic heterocycles. The van der Waals surface area contributed by atoms with Crippen molar-refractivity contribution in [2.24, 2.45) is 0 Å². The van der Waals surface area contributed by atoms with Crippen molar-refractivity contribution in [1.82, 2.24) is 14.5 Å². The molecule has 3 aliphatic rings. The van der Waals surface area contributed by atoms with Crippen molar-refractivity contribution < 1.29 is 22.3 Å². The van der Waals surface area contributed by atoms with Crippen molar-refractivity contribution in [2.45, 2.75) is 35.7 Å². The van der Waals surface area contributed by atoms with Gasteiger partial charge in [0.05, 0.1) is 18.7 Å². The predicted octanol–water partition coefficient (Wildman–Crippen LogP) is 0.570. The van der Waals surface area contributed by atoms with E-state index in [9.17, 15) is 17.6 Å². The average Bonchev–Trinajstić information content (AvgIpc) is 3.13. The van der Waals surface area contributed by atoms with E-state index in [0.717, 1.165) is 12.5 Å². The summed E-state index contributed by atoms with van der Waals surface area (Å²) in [7, 11) is -3.85. The van der Waals surface area contributed by atoms with Gasteiger partial charge in [-0.3, -0.25) is 9.69 Å². The number of sulfonamides is 1. The molecule has 1 aromatic carbocycles. The van der Waals surface area contributed by atoms with Gasteiger partial charge in [0, 0.05) is 32.3 Å². The largest absolute Gasteiger partial charge is 0.379 e. The first-order valence-corrected chi connectivity index (χ1v) is 10.7. The van der Waals surface area contributed by atoms with Gasteiger partial charge in [0.25, 0.3) is 0 Å². The van der Waals surface area contributed by atoms with Crippen molar-refractivity contribution in [3.63, 3.8) is 0 Å². The summed E-state index contributed by atoms with van der Waals surface area (Å²) in [6.45, 7) is 2.77. The van der Waals surface area contributed by atoms with Crippen LogP contribution in [0.25, 0.3) is 0 Å². The van der Waals surface area contributed by atoms with Crippen molar-refractivity contribution in [1.29, 1.82) is 0 Å². The quantitative estimate of drug-likeness (QED) is 0.807. The van der Waals surface area contributed by atoms with E-state index in [-0.39, 0.29) is 22.4 Å². The molecule has 1 N–H and O–H groups in total. The van der Waals surface area contributed by atoms with Crippen molar-refractivity contribution >= 4 is 15.9 Å². The van der Waals surface area contributed by atoms with Crippen LogP contribution >= 0.6 is 0 Å². The fraction of sp³-hybridized carbons (Fsp3) is 0.611. The number of carbonyl (C=O) groups is 1. The lowest BCUT2D eigenvalue weighted by Gasteiger charge is -2.49. The second-order valence-corrected chi connectivity index (χ2v) is 9.40. The van der Waals surface area contributed by atoms with Crippen LogP contribution in [0.5, 0.6) is 0 Å². The van der Waals surface area contributed by atoms with Crippen LogP contribution in [0, 0.1) is 5.82 Å². The monoisotopic (exact) mass is 397 g/mol. The molecule has 0 saturated carbocycles. The van der Waals surface area contributed by atoms with Crippen molar-refractivity contribution in [3.8, 4) is 0 Å². The molecule has 1 aromatic rings. The van der Waals surface area contributed by atoms with Gasteiger partial charge in [-0.1, -0.05) is 12.1 Å². The maximum Gasteiger partial charge on any atom is 0.245 e. The maximum absolute atomic E-state index is 14.0. The van der Waals surface area contributed by atoms with Gasteiger partial charge in [-0.25, -0.2) is 12.8 Å². The van der Waals surface area contributed by atoms with Crippen LogP contribution in [0.2, 0.25) is 0 Å². The average molecular weight is 397 g/mol. The minimum Gasteiger partial charge on any atom is -0.379 e. The molecule has 9 heteroatoms. The molecule has 3 fully saturated rings. The number of amides is 1. The van der Waals surface area contributed by atoms with Gasteiger partial charge in [0.2, 0.25) is 15.9 Å². The number of hydrogen-bond acceptors (Lipinski definition) is 5. The van der Waals surface area contributed by atoms with Crippen LogP contribution in [0.1, 0.15) is 19.3 Å². The maximum atomic E-state index is 14.0. The number of ether oxygens (including phenoxy) is 1. The zero-order valence-electron chi connectivity index (χ0n) is 15.1. The molecule has 7 nitrogen and oxygen atoms in total. The van der Waals surface area contributed by atoms with E-state index >= 15 is 0 Å². The van der Waals surface area contributed by atoms with E-state index in [0.29, 0.717) is 52.2 Å². The third-order valence-corrected chi connectivity index (χ3v) is 7.87. The molecule has 27 heavy (non-hydrogen) atoms. The molecule has 0 aliphatic carbocycles. The summed E-state index contributed by atoms with van der Waals surface area (Å²) in [5.41, 5.74) is -0.189. The summed E-state index contributed by atoms with van der Waals surface area (Å²) in [6.07, 6.45) is 2.09. The van der Waals surface area contributed by atoms with Gasteiger partial charge in [-0.05, 0) is 31.4 Å². The van der Waals surface area contributed by atoms with E-state index in [1.165, 1.54) is 22.5 Å². The molecule has 3 saturated heterocycles. The highest BCUT2D eigenvalue weighted by Crippen LogP contribution is 2.33. The van der Waals surface area contributed by atoms with Gasteiger partial charge in [-0.2, -0.15) is 4.31 Å². The molecular formula is C18H24FN3O4S. The van der Waals surface area contributed by atoms with Crippen LogP contribution in [-0.4, -0.2) is 74.5 Å². The zero-order chi connectivity index (χ0) is 19.1. The molecule has 0 radical (unpaired) electrons. The predicted molar refractivity (Wildman–Crippen MR) is 96.1 cm³/mol. The van der Waals surface area contributed by atoms with E-state index in [4.69, 9.17) is 4.74 Å². The highest BCUT2D eigenvalue weighted by Gasteiger charge is 2.48. The lowest BCUT2D eigenvalue weighted by molar-refractivity contribution is -0.131. The topological polar surface area (TPSA) is 79.0 Å². The minimum absolute atomic E-state index is 0.00562. The van der Waals surface area contributed by atoms with Crippen LogP contribution in [0.15, 0.2) is 29.2 Å². The van der Waals surface area contributed by atoms with Crippen molar-refractivity contribution in [2.75, 3.05) is 39.4 Å². The minimum atomic E-state index is -3.85. The highest BCUT2D eigenvalue weighted by atomic mass is 32.2. The summed E-state index contributed by atoms with van der Waals surface area (Å²) in [4.78, 5) is 13.9. The normalized spacial score (nSPS) is 28.6. The van der Waals surface area contributed by atoms with Gasteiger partial charge in [0.1, 0.15) is 10.7 Å². The summed E-state index contributed by atoms with van der Waals surface area (Å²) in [6, 6.07) is 5.58. The highest BCUT2D eigenvalue weighted by molar-refractivity contribution is 7.89. The molecular weight excluding hydrogens is 373 g/mol. The lowest BCUT2D eigenvalue weighted by Crippen LogP contribution is -2.67. The summed E-state index contributed by atoms with van der Waals surface area (Å²) in [5, 5.41) is 2.94. The zero-order valence-corrected chi connectivity index (χ0v) is 15.9. The Morgan fingerprint density at radius 2 is 1.96 bits per heavy atom. The summed E-state index contributed by atoms with van der Waals surface area (Å²) < 4.78 is 46.5. The first-order chi connectivity index (χ1) is 12.9. The molecule has 1 amide bonds. The van der Waals surface area contributed by atoms with E-state index < -0.39 is 15.8 Å². The third-order valence-electron chi connectivity index (χ3n) is 5.94. The van der Waals surface area contributed by atoms with E-state index in [2.05, 4.69) is 10.2 Å². The summed E-state index contributed by atoms with van der Waals surface area (Å²) in [5.74, 6) is -0.733. The molecule has 4 rings (SSSR count). The Labute approximate surface area is 158 Å². The number of nitrogens with one attached hydrogen (secondary N) is 1. The number of hydrogen-bond donors (Lipinski definition) is 1. The third kappa shape index (κ3) is 3.37. The second kappa shape index (κ2) is 7.12. The second-order valence-electron chi connectivity index (χ2n) is 7.50. The fourth-order valence-corrected chi connectivity index (χ4v) is 5.94. The molecule has 1 spiro atoms. The van der Waals surface area contributed by atoms with Gasteiger partial charge in [-0.15, -0.1) is 0 Å². The van der Waals surface area contributed by atoms with Crippen molar-refractivity contribution in [3.05, 3.63) is 30.1 Å². The number of rotatable bonds is 3. The lowest BCUT2D eigenvalue weighted by atomic mass is 9.89. The summed E-state index contributed by atoms with van der Waals surface area (Å²) >= 11 is 0. The Kier molecular flexibility index (Phi) is 4.96. The number of nitrogens with zero attached hydrogens (tertiary/aromatic N) is 2. The SMILES string of the molecule is O=C1CN(C2CCN(S(=O)(=O)c3ccccc3F)CC2)C2(CCOC2)CN1. The Balaban J connectivity index is 1.48. The van der Waals surface area contributed by atoms with Gasteiger partial charge < -0.3 is 10.1 Å². The van der Waals surface area contributed by atoms with Crippen LogP contribution in [0.3, 0.4) is 0 Å². The van der Waals surface area contributed by atoms with Gasteiger partial charge in [0.15, 0.2) is 0 Å². The molecule has 1 unspecified atom stereocenters. The first kappa shape index (κ1) is 18.8. The molecule has 0 aromatic heterocycles. The number of halogens is 1. The number of piperazine rings is 1. The Bertz CT molecular complexity index is 818. The fourth-order valence-electron chi connectivity index (χ4n) is 4.41. The Hall–Kier alpha value is -1.55. The molecule has 0 bridgehead atoms.